The van der Waals surface area contributed by atoms with Gasteiger partial charge >= 0.3 is 5.97 Å². The van der Waals surface area contributed by atoms with Crippen molar-refractivity contribution in [2.45, 2.75) is 44.6 Å². The Morgan fingerprint density at radius 1 is 0.931 bits per heavy atom. The van der Waals surface area contributed by atoms with Gasteiger partial charge in [-0.25, -0.2) is 0 Å². The number of likely N-dealkylation sites (tertiary alicyclic amines) is 1. The fourth-order valence-corrected chi connectivity index (χ4v) is 3.91. The number of rotatable bonds is 12. The average Bonchev–Trinajstić information content (AvgIpc) is 3.10. The van der Waals surface area contributed by atoms with Crippen molar-refractivity contribution in [2.75, 3.05) is 66.0 Å². The monoisotopic (exact) mass is 422 g/mol. The van der Waals surface area contributed by atoms with E-state index in [1.54, 1.807) is 0 Å². The fourth-order valence-electron chi connectivity index (χ4n) is 3.91. The van der Waals surface area contributed by atoms with Gasteiger partial charge in [-0.05, 0) is 39.3 Å². The van der Waals surface area contributed by atoms with Crippen molar-refractivity contribution in [1.29, 1.82) is 0 Å². The summed E-state index contributed by atoms with van der Waals surface area (Å²) in [5, 5.41) is 14.2. The molecule has 29 heavy (non-hydrogen) atoms. The van der Waals surface area contributed by atoms with Gasteiger partial charge < -0.3 is 20.6 Å². The number of carboxylic acids is 1. The van der Waals surface area contributed by atoms with Crippen molar-refractivity contribution in [3.63, 3.8) is 0 Å². The second kappa shape index (κ2) is 12.8. The van der Waals surface area contributed by atoms with Gasteiger partial charge in [0.1, 0.15) is 0 Å². The smallest absolute Gasteiger partial charge is 0.303 e. The molecule has 2 aliphatic heterocycles. The molecule has 1 unspecified atom stereocenters. The van der Waals surface area contributed by atoms with Crippen LogP contribution in [0.5, 0.6) is 0 Å². The van der Waals surface area contributed by atoms with Crippen molar-refractivity contribution in [1.82, 2.24) is 25.3 Å². The second-order valence-electron chi connectivity index (χ2n) is 8.17. The molecule has 1 atom stereocenters. The third-order valence-corrected chi connectivity index (χ3v) is 5.70. The van der Waals surface area contributed by atoms with Crippen molar-refractivity contribution in [3.05, 3.63) is 0 Å². The first kappa shape index (κ1) is 23.6. The lowest BCUT2D eigenvalue weighted by Gasteiger charge is -2.36. The second-order valence-corrected chi connectivity index (χ2v) is 8.17. The highest BCUT2D eigenvalue weighted by molar-refractivity contribution is 5.78. The molecule has 0 radical (unpaired) electrons. The molecule has 3 N–H and O–H groups in total. The van der Waals surface area contributed by atoms with Gasteiger partial charge in [0.15, 0.2) is 0 Å². The molecule has 9 heteroatoms. The maximum atomic E-state index is 12.3. The number of carboxylic acid groups (broad SMARTS) is 1. The van der Waals surface area contributed by atoms with Gasteiger partial charge in [-0.3, -0.25) is 24.2 Å². The molecular formula is C20H37N5O4. The van der Waals surface area contributed by atoms with Crippen molar-refractivity contribution >= 4 is 17.8 Å². The highest BCUT2D eigenvalue weighted by Gasteiger charge is 2.28. The van der Waals surface area contributed by atoms with E-state index in [0.717, 1.165) is 52.1 Å². The highest BCUT2D eigenvalue weighted by Crippen LogP contribution is 2.18. The molecule has 0 saturated carbocycles. The minimum Gasteiger partial charge on any atom is -0.481 e. The lowest BCUT2D eigenvalue weighted by atomic mass is 10.2. The van der Waals surface area contributed by atoms with Crippen molar-refractivity contribution in [3.8, 4) is 0 Å². The standard InChI is InChI=1S/C20H37N5O4/c1-23-11-13-24(14-12-23)15-17-5-4-10-25(17)16-19(27)22-8-2-6-18(26)21-9-3-7-20(28)29/h17H,2-16H2,1H3,(H,21,26)(H,22,27)(H,28,29)/i2+1,6+1,7+1,8+1,11+1,13+1,16+1,18+1,23+1,24+1,25+1. The number of nitrogens with one attached hydrogen (secondary N) is 2. The van der Waals surface area contributed by atoms with Crippen LogP contribution in [0.1, 0.15) is 38.5 Å². The molecule has 0 aliphatic carbocycles. The van der Waals surface area contributed by atoms with E-state index in [0.29, 0.717) is 44.9 Å². The third kappa shape index (κ3) is 9.56. The number of likely N-dealkylation sites (N-methyl/N-ethyl adjacent to an activating group) is 1. The van der Waals surface area contributed by atoms with Crippen LogP contribution in [0.3, 0.4) is 0 Å². The van der Waals surface area contributed by atoms with E-state index in [1.165, 1.54) is 0 Å². The van der Waals surface area contributed by atoms with E-state index in [9.17, 15) is 14.4 Å². The number of nitrogens with zero attached hydrogens (tertiary/aromatic N) is 3. The van der Waals surface area contributed by atoms with Crippen LogP contribution >= 0.6 is 0 Å². The lowest BCUT2D eigenvalue weighted by Crippen LogP contribution is -2.50. The molecule has 0 spiro atoms. The van der Waals surface area contributed by atoms with Crippen LogP contribution in [0.2, 0.25) is 0 Å². The van der Waals surface area contributed by atoms with E-state index in [-0.39, 0.29) is 18.2 Å². The molecule has 2 amide bonds. The summed E-state index contributed by atoms with van der Waals surface area (Å²) in [6, 6.07) is 0.459. The predicted octanol–water partition coefficient (Wildman–Crippen LogP) is -0.424. The van der Waals surface area contributed by atoms with Gasteiger partial charge in [0.2, 0.25) is 11.8 Å². The summed E-state index contributed by atoms with van der Waals surface area (Å²) < 4.78 is 0. The van der Waals surface area contributed by atoms with Gasteiger partial charge in [0, 0.05) is 64.7 Å². The Kier molecular flexibility index (Phi) is 10.4. The highest BCUT2D eigenvalue weighted by atomic mass is 16.4. The maximum Gasteiger partial charge on any atom is 0.303 e. The zero-order valence-corrected chi connectivity index (χ0v) is 17.7. The summed E-state index contributed by atoms with van der Waals surface area (Å²) >= 11 is 0. The summed E-state index contributed by atoms with van der Waals surface area (Å²) in [7, 11) is 2.16. The van der Waals surface area contributed by atoms with Crippen LogP contribution in [0.25, 0.3) is 0 Å². The number of piperazine rings is 1. The predicted molar refractivity (Wildman–Crippen MR) is 111 cm³/mol. The largest absolute Gasteiger partial charge is 0.481 e. The molecule has 2 saturated heterocycles. The lowest BCUT2D eigenvalue weighted by molar-refractivity contribution is -0.137. The number of carbonyl (C=O) groups excluding carboxylic acids is 2. The molecule has 2 aliphatic rings. The number of carbonyl (C=O) groups is 3. The third-order valence-electron chi connectivity index (χ3n) is 5.70. The van der Waals surface area contributed by atoms with Gasteiger partial charge in [-0.15, -0.1) is 0 Å². The minimum absolute atomic E-state index is 0.0251. The Balaban J connectivity index is 1.55. The Hall–Kier alpha value is -1.71. The molecule has 9 nitrogen and oxygen atoms in total. The summed E-state index contributed by atoms with van der Waals surface area (Å²) in [6.07, 6.45) is 3.71. The average molecular weight is 422 g/mol. The van der Waals surface area contributed by atoms with Crippen LogP contribution in [0.15, 0.2) is 0 Å². The van der Waals surface area contributed by atoms with E-state index in [4.69, 9.17) is 5.11 Å². The molecule has 0 aromatic carbocycles. The molecule has 2 heterocycles. The molecule has 2 fully saturated rings. The van der Waals surface area contributed by atoms with E-state index >= 15 is 0 Å². The van der Waals surface area contributed by atoms with E-state index in [2.05, 4.69) is 32.4 Å². The zero-order chi connectivity index (χ0) is 21.1. The van der Waals surface area contributed by atoms with E-state index in [1.807, 2.05) is 0 Å². The molecule has 0 aromatic rings. The first-order valence-electron chi connectivity index (χ1n) is 10.8. The Bertz CT molecular complexity index is 537. The van der Waals surface area contributed by atoms with Crippen molar-refractivity contribution < 1.29 is 19.5 Å². The number of amides is 2. The van der Waals surface area contributed by atoms with Crippen LogP contribution in [-0.2, 0) is 14.4 Å². The Morgan fingerprint density at radius 2 is 1.59 bits per heavy atom. The van der Waals surface area contributed by atoms with Gasteiger partial charge in [0.25, 0.3) is 0 Å². The Labute approximate surface area is 173 Å². The Morgan fingerprint density at radius 3 is 2.28 bits per heavy atom. The van der Waals surface area contributed by atoms with Gasteiger partial charge in [-0.2, -0.15) is 0 Å². The molecule has 0 aromatic heterocycles. The number of aliphatic carboxylic acids is 1. The van der Waals surface area contributed by atoms with Crippen LogP contribution < -0.4 is 10.6 Å². The molecule has 166 valence electrons. The maximum absolute atomic E-state index is 12.3. The fraction of sp³-hybridized carbons (Fsp3) is 0.850. The number of hydrogen-bond acceptors (Lipinski definition) is 6. The molecule has 2 rings (SSSR count). The van der Waals surface area contributed by atoms with Crippen LogP contribution in [0.4, 0.5) is 0 Å². The summed E-state index contributed by atoms with van der Waals surface area (Å²) in [5.41, 5.74) is 0. The topological polar surface area (TPSA) is 105 Å². The first-order valence-corrected chi connectivity index (χ1v) is 10.8. The zero-order valence-electron chi connectivity index (χ0n) is 17.7. The molecule has 0 bridgehead atoms. The number of hydrogen-bond donors (Lipinski definition) is 3. The minimum atomic E-state index is -0.856. The van der Waals surface area contributed by atoms with Gasteiger partial charge in [-0.1, -0.05) is 0 Å². The first-order chi connectivity index (χ1) is 13.9. The summed E-state index contributed by atoms with van der Waals surface area (Å²) in [5.74, 6) is -0.931. The summed E-state index contributed by atoms with van der Waals surface area (Å²) in [6.45, 7) is 7.74. The van der Waals surface area contributed by atoms with E-state index < -0.39 is 5.97 Å². The van der Waals surface area contributed by atoms with Crippen LogP contribution in [-0.4, -0.2) is 110 Å². The normalized spacial score (nSPS) is 21.2. The van der Waals surface area contributed by atoms with Crippen molar-refractivity contribution in [2.24, 2.45) is 0 Å². The SMILES string of the molecule is C[15N]1CC[15N](CC2CCC[15N]2[13CH2]C(=O)N[13CH2][13CH2][13CH2][13C](=O)NCC[13CH2]C(=O)O)[13CH2][13CH2]1. The molecular weight excluding hydrogens is 385 g/mol. The van der Waals surface area contributed by atoms with Gasteiger partial charge in [0.05, 0.1) is 6.54 Å². The van der Waals surface area contributed by atoms with Crippen LogP contribution in [0, 0.1) is 0 Å². The quantitative estimate of drug-likeness (QED) is 0.223. The summed E-state index contributed by atoms with van der Waals surface area (Å²) in [4.78, 5) is 41.5.